The lowest BCUT2D eigenvalue weighted by atomic mass is 10.0. The van der Waals surface area contributed by atoms with E-state index in [1.807, 2.05) is 0 Å². The van der Waals surface area contributed by atoms with Crippen molar-refractivity contribution >= 4 is 12.4 Å². The molecule has 0 aromatic rings. The van der Waals surface area contributed by atoms with Crippen LogP contribution in [0.3, 0.4) is 0 Å². The third-order valence-electron chi connectivity index (χ3n) is 1.90. The van der Waals surface area contributed by atoms with Gasteiger partial charge in [-0.25, -0.2) is 0 Å². The predicted octanol–water partition coefficient (Wildman–Crippen LogP) is 1.28. The topological polar surface area (TPSA) is 12.0 Å². The molecule has 1 heterocycles. The molecule has 1 saturated heterocycles. The van der Waals surface area contributed by atoms with Gasteiger partial charge in [0.1, 0.15) is 0 Å². The van der Waals surface area contributed by atoms with Gasteiger partial charge < -0.3 is 5.32 Å². The first-order chi connectivity index (χ1) is 3.30. The molecule has 0 aromatic carbocycles. The van der Waals surface area contributed by atoms with Crippen molar-refractivity contribution in [3.8, 4) is 0 Å². The average Bonchev–Trinajstić information content (AvgIpc) is 1.91. The summed E-state index contributed by atoms with van der Waals surface area (Å²) in [5, 5.41) is 3.32. The molecule has 0 unspecified atom stereocenters. The molecule has 0 amide bonds. The van der Waals surface area contributed by atoms with Crippen LogP contribution in [-0.4, -0.2) is 13.1 Å². The Hall–Kier alpha value is 0.250. The SMILES string of the molecule is C[C@H]1CNC[C@@H]1C.Cl. The zero-order chi connectivity index (χ0) is 5.28. The van der Waals surface area contributed by atoms with Crippen LogP contribution in [0.15, 0.2) is 0 Å². The Labute approximate surface area is 57.3 Å². The van der Waals surface area contributed by atoms with Crippen molar-refractivity contribution in [2.45, 2.75) is 13.8 Å². The van der Waals surface area contributed by atoms with E-state index in [1.165, 1.54) is 13.1 Å². The van der Waals surface area contributed by atoms with E-state index in [0.717, 1.165) is 11.8 Å². The monoisotopic (exact) mass is 135 g/mol. The first-order valence-electron chi connectivity index (χ1n) is 3.01. The van der Waals surface area contributed by atoms with Crippen molar-refractivity contribution in [2.24, 2.45) is 11.8 Å². The molecule has 0 radical (unpaired) electrons. The molecule has 1 N–H and O–H groups in total. The molecule has 50 valence electrons. The number of hydrogen-bond acceptors (Lipinski definition) is 1. The lowest BCUT2D eigenvalue weighted by molar-refractivity contribution is 0.494. The molecule has 0 spiro atoms. The van der Waals surface area contributed by atoms with E-state index in [1.54, 1.807) is 0 Å². The predicted molar refractivity (Wildman–Crippen MR) is 38.4 cm³/mol. The van der Waals surface area contributed by atoms with Gasteiger partial charge in [-0.3, -0.25) is 0 Å². The van der Waals surface area contributed by atoms with Crippen LogP contribution in [0.5, 0.6) is 0 Å². The van der Waals surface area contributed by atoms with Crippen LogP contribution in [0.25, 0.3) is 0 Å². The zero-order valence-corrected chi connectivity index (χ0v) is 6.29. The molecule has 1 aliphatic heterocycles. The quantitative estimate of drug-likeness (QED) is 0.528. The summed E-state index contributed by atoms with van der Waals surface area (Å²) in [6.07, 6.45) is 0. The third kappa shape index (κ3) is 1.64. The minimum atomic E-state index is 0. The Balaban J connectivity index is 0.000000490. The van der Waals surface area contributed by atoms with Crippen molar-refractivity contribution in [3.63, 3.8) is 0 Å². The molecular formula is C6H14ClN. The molecule has 1 rings (SSSR count). The van der Waals surface area contributed by atoms with Crippen LogP contribution in [0.1, 0.15) is 13.8 Å². The molecule has 0 aliphatic carbocycles. The summed E-state index contributed by atoms with van der Waals surface area (Å²) in [6.45, 7) is 7.04. The largest absolute Gasteiger partial charge is 0.316 e. The molecule has 1 nitrogen and oxygen atoms in total. The second-order valence-corrected chi connectivity index (χ2v) is 2.61. The van der Waals surface area contributed by atoms with Crippen LogP contribution in [-0.2, 0) is 0 Å². The van der Waals surface area contributed by atoms with Gasteiger partial charge in [-0.2, -0.15) is 0 Å². The van der Waals surface area contributed by atoms with E-state index in [4.69, 9.17) is 0 Å². The lowest BCUT2D eigenvalue weighted by Crippen LogP contribution is -2.06. The van der Waals surface area contributed by atoms with Crippen LogP contribution in [0.4, 0.5) is 0 Å². The molecule has 1 fully saturated rings. The third-order valence-corrected chi connectivity index (χ3v) is 1.90. The second-order valence-electron chi connectivity index (χ2n) is 2.61. The van der Waals surface area contributed by atoms with Crippen molar-refractivity contribution in [2.75, 3.05) is 13.1 Å². The van der Waals surface area contributed by atoms with Gasteiger partial charge in [0, 0.05) is 0 Å². The van der Waals surface area contributed by atoms with Crippen LogP contribution in [0.2, 0.25) is 0 Å². The highest BCUT2D eigenvalue weighted by atomic mass is 35.5. The highest BCUT2D eigenvalue weighted by molar-refractivity contribution is 5.85. The molecule has 0 saturated carbocycles. The van der Waals surface area contributed by atoms with Crippen LogP contribution < -0.4 is 5.32 Å². The minimum Gasteiger partial charge on any atom is -0.316 e. The number of hydrogen-bond donors (Lipinski definition) is 1. The molecule has 0 bridgehead atoms. The fourth-order valence-corrected chi connectivity index (χ4v) is 0.941. The Bertz CT molecular complexity index is 57.5. The second kappa shape index (κ2) is 3.31. The van der Waals surface area contributed by atoms with Crippen molar-refractivity contribution < 1.29 is 0 Å². The normalized spacial score (nSPS) is 36.8. The van der Waals surface area contributed by atoms with E-state index in [0.29, 0.717) is 0 Å². The van der Waals surface area contributed by atoms with Crippen molar-refractivity contribution in [1.82, 2.24) is 5.32 Å². The summed E-state index contributed by atoms with van der Waals surface area (Å²) >= 11 is 0. The lowest BCUT2D eigenvalue weighted by Gasteiger charge is -2.03. The molecule has 0 aromatic heterocycles. The fraction of sp³-hybridized carbons (Fsp3) is 1.00. The maximum Gasteiger partial charge on any atom is -0.00200 e. The maximum atomic E-state index is 3.32. The van der Waals surface area contributed by atoms with E-state index in [9.17, 15) is 0 Å². The van der Waals surface area contributed by atoms with E-state index in [-0.39, 0.29) is 12.4 Å². The van der Waals surface area contributed by atoms with Gasteiger partial charge in [-0.05, 0) is 24.9 Å². The average molecular weight is 136 g/mol. The smallest absolute Gasteiger partial charge is 0.00200 e. The van der Waals surface area contributed by atoms with Crippen LogP contribution in [0, 0.1) is 11.8 Å². The Morgan fingerprint density at radius 2 is 1.50 bits per heavy atom. The summed E-state index contributed by atoms with van der Waals surface area (Å²) in [5.41, 5.74) is 0. The van der Waals surface area contributed by atoms with Gasteiger partial charge in [0.15, 0.2) is 0 Å². The fourth-order valence-electron chi connectivity index (χ4n) is 0.941. The summed E-state index contributed by atoms with van der Waals surface area (Å²) in [6, 6.07) is 0. The minimum absolute atomic E-state index is 0. The first-order valence-corrected chi connectivity index (χ1v) is 3.01. The Morgan fingerprint density at radius 3 is 1.62 bits per heavy atom. The van der Waals surface area contributed by atoms with Gasteiger partial charge in [0.25, 0.3) is 0 Å². The molecule has 2 heteroatoms. The highest BCUT2D eigenvalue weighted by Crippen LogP contribution is 2.13. The van der Waals surface area contributed by atoms with E-state index >= 15 is 0 Å². The molecule has 1 aliphatic rings. The highest BCUT2D eigenvalue weighted by Gasteiger charge is 2.16. The molecule has 2 atom stereocenters. The Kier molecular flexibility index (Phi) is 3.41. The van der Waals surface area contributed by atoms with Crippen LogP contribution >= 0.6 is 12.4 Å². The van der Waals surface area contributed by atoms with Crippen molar-refractivity contribution in [3.05, 3.63) is 0 Å². The van der Waals surface area contributed by atoms with Gasteiger partial charge in [0.2, 0.25) is 0 Å². The standard InChI is InChI=1S/C6H13N.ClH/c1-5-3-7-4-6(5)2;/h5-7H,3-4H2,1-2H3;1H/t5-,6-;/m0./s1. The van der Waals surface area contributed by atoms with Gasteiger partial charge in [-0.15, -0.1) is 12.4 Å². The Morgan fingerprint density at radius 1 is 1.12 bits per heavy atom. The summed E-state index contributed by atoms with van der Waals surface area (Å²) in [7, 11) is 0. The zero-order valence-electron chi connectivity index (χ0n) is 5.48. The van der Waals surface area contributed by atoms with E-state index < -0.39 is 0 Å². The summed E-state index contributed by atoms with van der Waals surface area (Å²) in [4.78, 5) is 0. The number of nitrogens with one attached hydrogen (secondary N) is 1. The molecule has 8 heavy (non-hydrogen) atoms. The molecular weight excluding hydrogens is 122 g/mol. The number of rotatable bonds is 0. The van der Waals surface area contributed by atoms with Gasteiger partial charge >= 0.3 is 0 Å². The summed E-state index contributed by atoms with van der Waals surface area (Å²) in [5.74, 6) is 1.81. The maximum absolute atomic E-state index is 3.32. The summed E-state index contributed by atoms with van der Waals surface area (Å²) < 4.78 is 0. The van der Waals surface area contributed by atoms with Gasteiger partial charge in [0.05, 0.1) is 0 Å². The first kappa shape index (κ1) is 8.25. The van der Waals surface area contributed by atoms with Crippen molar-refractivity contribution in [1.29, 1.82) is 0 Å². The van der Waals surface area contributed by atoms with Gasteiger partial charge in [-0.1, -0.05) is 13.8 Å². The van der Waals surface area contributed by atoms with E-state index in [2.05, 4.69) is 19.2 Å². The number of halogens is 1.